The summed E-state index contributed by atoms with van der Waals surface area (Å²) in [6, 6.07) is 5.82. The number of aliphatic hydroxyl groups excluding tert-OH is 1. The van der Waals surface area contributed by atoms with Gasteiger partial charge < -0.3 is 10.0 Å². The number of carbonyl (C=O) groups is 1. The van der Waals surface area contributed by atoms with Crippen LogP contribution in [0.15, 0.2) is 24.4 Å². The van der Waals surface area contributed by atoms with Gasteiger partial charge in [0.2, 0.25) is 5.91 Å². The van der Waals surface area contributed by atoms with E-state index in [4.69, 9.17) is 0 Å². The van der Waals surface area contributed by atoms with Crippen molar-refractivity contribution in [2.75, 3.05) is 13.1 Å². The molecule has 1 aliphatic rings. The lowest BCUT2D eigenvalue weighted by Gasteiger charge is -2.15. The Kier molecular flexibility index (Phi) is 4.09. The van der Waals surface area contributed by atoms with Crippen molar-refractivity contribution in [3.63, 3.8) is 0 Å². The molecule has 17 heavy (non-hydrogen) atoms. The summed E-state index contributed by atoms with van der Waals surface area (Å²) in [5.74, 6) is 0.150. The summed E-state index contributed by atoms with van der Waals surface area (Å²) < 4.78 is 0. The Balaban J connectivity index is 1.70. The van der Waals surface area contributed by atoms with Crippen LogP contribution in [0.5, 0.6) is 0 Å². The van der Waals surface area contributed by atoms with Crippen LogP contribution < -0.4 is 0 Å². The average molecular weight is 234 g/mol. The fraction of sp³-hybridized carbons (Fsp3) is 0.538. The van der Waals surface area contributed by atoms with Crippen LogP contribution in [0.25, 0.3) is 0 Å². The molecule has 1 saturated heterocycles. The first kappa shape index (κ1) is 12.0. The first-order valence-corrected chi connectivity index (χ1v) is 6.11. The molecule has 2 rings (SSSR count). The predicted molar refractivity (Wildman–Crippen MR) is 64.4 cm³/mol. The second-order valence-corrected chi connectivity index (χ2v) is 4.46. The lowest BCUT2D eigenvalue weighted by molar-refractivity contribution is -0.130. The molecule has 1 aromatic heterocycles. The van der Waals surface area contributed by atoms with Gasteiger partial charge in [0.15, 0.2) is 0 Å². The molecule has 0 aromatic carbocycles. The average Bonchev–Trinajstić information content (AvgIpc) is 2.77. The lowest BCUT2D eigenvalue weighted by atomic mass is 10.1. The number of aromatic nitrogens is 1. The molecule has 1 atom stereocenters. The number of amides is 1. The van der Waals surface area contributed by atoms with Crippen LogP contribution in [0.1, 0.15) is 25.0 Å². The third-order valence-electron chi connectivity index (χ3n) is 3.07. The van der Waals surface area contributed by atoms with Crippen molar-refractivity contribution in [2.24, 2.45) is 0 Å². The minimum atomic E-state index is -0.324. The van der Waals surface area contributed by atoms with E-state index in [1.807, 2.05) is 18.2 Å². The zero-order valence-corrected chi connectivity index (χ0v) is 9.88. The Hall–Kier alpha value is -1.42. The van der Waals surface area contributed by atoms with Gasteiger partial charge in [-0.05, 0) is 31.4 Å². The van der Waals surface area contributed by atoms with Crippen molar-refractivity contribution in [3.05, 3.63) is 30.1 Å². The van der Waals surface area contributed by atoms with E-state index in [1.165, 1.54) is 0 Å². The van der Waals surface area contributed by atoms with Crippen LogP contribution in [-0.4, -0.2) is 40.1 Å². The molecule has 2 heterocycles. The highest BCUT2D eigenvalue weighted by Crippen LogP contribution is 2.11. The van der Waals surface area contributed by atoms with E-state index in [9.17, 15) is 9.90 Å². The maximum absolute atomic E-state index is 11.8. The number of likely N-dealkylation sites (tertiary alicyclic amines) is 1. The number of carbonyl (C=O) groups excluding carboxylic acids is 1. The number of rotatable bonds is 4. The molecule has 1 N–H and O–H groups in total. The fourth-order valence-corrected chi connectivity index (χ4v) is 2.09. The fourth-order valence-electron chi connectivity index (χ4n) is 2.09. The van der Waals surface area contributed by atoms with E-state index in [2.05, 4.69) is 4.98 Å². The molecule has 0 unspecified atom stereocenters. The van der Waals surface area contributed by atoms with Gasteiger partial charge in [0.05, 0.1) is 6.10 Å². The van der Waals surface area contributed by atoms with Gasteiger partial charge in [-0.1, -0.05) is 6.07 Å². The van der Waals surface area contributed by atoms with Crippen LogP contribution >= 0.6 is 0 Å². The Morgan fingerprint density at radius 2 is 2.41 bits per heavy atom. The number of nitrogens with zero attached hydrogens (tertiary/aromatic N) is 2. The third-order valence-corrected chi connectivity index (χ3v) is 3.07. The second-order valence-electron chi connectivity index (χ2n) is 4.46. The highest BCUT2D eigenvalue weighted by Gasteiger charge is 2.23. The van der Waals surface area contributed by atoms with E-state index in [0.29, 0.717) is 25.9 Å². The molecule has 4 heteroatoms. The maximum atomic E-state index is 11.8. The van der Waals surface area contributed by atoms with Crippen molar-refractivity contribution >= 4 is 5.91 Å². The Morgan fingerprint density at radius 1 is 1.53 bits per heavy atom. The summed E-state index contributed by atoms with van der Waals surface area (Å²) in [7, 11) is 0. The van der Waals surface area contributed by atoms with Crippen LogP contribution in [0.4, 0.5) is 0 Å². The molecular formula is C13H18N2O2. The Bertz CT molecular complexity index is 367. The standard InChI is InChI=1S/C13H18N2O2/c16-12-7-9-15(10-12)13(17)6-3-5-11-4-1-2-8-14-11/h1-2,4,8,12,16H,3,5-7,9-10H2/t12-/m1/s1. The highest BCUT2D eigenvalue weighted by atomic mass is 16.3. The van der Waals surface area contributed by atoms with Crippen molar-refractivity contribution in [1.82, 2.24) is 9.88 Å². The van der Waals surface area contributed by atoms with Crippen LogP contribution in [0.2, 0.25) is 0 Å². The quantitative estimate of drug-likeness (QED) is 0.845. The number of hydrogen-bond donors (Lipinski definition) is 1. The molecular weight excluding hydrogens is 216 g/mol. The van der Waals surface area contributed by atoms with Gasteiger partial charge in [-0.2, -0.15) is 0 Å². The van der Waals surface area contributed by atoms with E-state index in [-0.39, 0.29) is 12.0 Å². The monoisotopic (exact) mass is 234 g/mol. The van der Waals surface area contributed by atoms with Crippen molar-refractivity contribution < 1.29 is 9.90 Å². The Labute approximate surface area is 101 Å². The highest BCUT2D eigenvalue weighted by molar-refractivity contribution is 5.76. The predicted octanol–water partition coefficient (Wildman–Crippen LogP) is 0.998. The number of aryl methyl sites for hydroxylation is 1. The van der Waals surface area contributed by atoms with Crippen LogP contribution in [-0.2, 0) is 11.2 Å². The van der Waals surface area contributed by atoms with Crippen molar-refractivity contribution in [3.8, 4) is 0 Å². The lowest BCUT2D eigenvalue weighted by Crippen LogP contribution is -2.29. The maximum Gasteiger partial charge on any atom is 0.222 e. The van der Waals surface area contributed by atoms with E-state index in [0.717, 1.165) is 18.5 Å². The van der Waals surface area contributed by atoms with Crippen LogP contribution in [0.3, 0.4) is 0 Å². The van der Waals surface area contributed by atoms with E-state index in [1.54, 1.807) is 11.1 Å². The molecule has 0 bridgehead atoms. The first-order valence-electron chi connectivity index (χ1n) is 6.11. The summed E-state index contributed by atoms with van der Waals surface area (Å²) in [6.45, 7) is 1.20. The van der Waals surface area contributed by atoms with Gasteiger partial charge in [0.1, 0.15) is 0 Å². The molecule has 0 spiro atoms. The largest absolute Gasteiger partial charge is 0.391 e. The normalized spacial score (nSPS) is 19.6. The zero-order valence-electron chi connectivity index (χ0n) is 9.88. The minimum absolute atomic E-state index is 0.150. The van der Waals surface area contributed by atoms with Gasteiger partial charge in [-0.15, -0.1) is 0 Å². The molecule has 1 aromatic rings. The molecule has 1 aliphatic heterocycles. The van der Waals surface area contributed by atoms with Gasteiger partial charge >= 0.3 is 0 Å². The molecule has 1 fully saturated rings. The number of hydrogen-bond acceptors (Lipinski definition) is 3. The molecule has 4 nitrogen and oxygen atoms in total. The van der Waals surface area contributed by atoms with Gasteiger partial charge in [-0.25, -0.2) is 0 Å². The zero-order chi connectivity index (χ0) is 12.1. The Morgan fingerprint density at radius 3 is 3.06 bits per heavy atom. The van der Waals surface area contributed by atoms with E-state index < -0.39 is 0 Å². The van der Waals surface area contributed by atoms with Crippen molar-refractivity contribution in [2.45, 2.75) is 31.8 Å². The van der Waals surface area contributed by atoms with Crippen LogP contribution in [0, 0.1) is 0 Å². The molecule has 92 valence electrons. The number of aliphatic hydroxyl groups is 1. The molecule has 1 amide bonds. The SMILES string of the molecule is O=C(CCCc1ccccn1)N1CC[C@@H](O)C1. The van der Waals surface area contributed by atoms with E-state index >= 15 is 0 Å². The second kappa shape index (κ2) is 5.77. The molecule has 0 aliphatic carbocycles. The van der Waals surface area contributed by atoms with Gasteiger partial charge in [-0.3, -0.25) is 9.78 Å². The smallest absolute Gasteiger partial charge is 0.222 e. The summed E-state index contributed by atoms with van der Waals surface area (Å²) in [5.41, 5.74) is 1.03. The van der Waals surface area contributed by atoms with Gasteiger partial charge in [0, 0.05) is 31.4 Å². The molecule has 0 radical (unpaired) electrons. The first-order chi connectivity index (χ1) is 8.25. The summed E-state index contributed by atoms with van der Waals surface area (Å²) >= 11 is 0. The number of pyridine rings is 1. The molecule has 0 saturated carbocycles. The van der Waals surface area contributed by atoms with Crippen molar-refractivity contribution in [1.29, 1.82) is 0 Å². The third kappa shape index (κ3) is 3.53. The summed E-state index contributed by atoms with van der Waals surface area (Å²) in [6.07, 6.45) is 4.36. The topological polar surface area (TPSA) is 53.4 Å². The summed E-state index contributed by atoms with van der Waals surface area (Å²) in [4.78, 5) is 17.7. The minimum Gasteiger partial charge on any atom is -0.391 e. The van der Waals surface area contributed by atoms with Gasteiger partial charge in [0.25, 0.3) is 0 Å². The summed E-state index contributed by atoms with van der Waals surface area (Å²) in [5, 5.41) is 9.35. The number of β-amino-alcohol motifs (C(OH)–C–C–N with tert-alkyl or cyclic N) is 1.